The van der Waals surface area contributed by atoms with Gasteiger partial charge in [-0.15, -0.1) is 0 Å². The Morgan fingerprint density at radius 3 is 2.44 bits per heavy atom. The number of hydrogen-bond acceptors (Lipinski definition) is 5. The molecule has 1 aliphatic rings. The predicted octanol–water partition coefficient (Wildman–Crippen LogP) is 3.97. The van der Waals surface area contributed by atoms with Crippen molar-refractivity contribution in [3.05, 3.63) is 30.1 Å². The van der Waals surface area contributed by atoms with Gasteiger partial charge in [-0.05, 0) is 71.2 Å². The number of benzene rings is 1. The van der Waals surface area contributed by atoms with Crippen LogP contribution in [0.15, 0.2) is 24.3 Å². The molecule has 7 heteroatoms. The second kappa shape index (κ2) is 9.06. The second-order valence-corrected chi connectivity index (χ2v) is 7.74. The largest absolute Gasteiger partial charge is 0.487 e. The summed E-state index contributed by atoms with van der Waals surface area (Å²) >= 11 is 0. The van der Waals surface area contributed by atoms with Crippen molar-refractivity contribution < 1.29 is 28.2 Å². The molecule has 0 bridgehead atoms. The maximum Gasteiger partial charge on any atom is 0.408 e. The SMILES string of the molecule is C[C@@H]1OC(=O)[C@@H](NC(=O)OC(C)(C)C)CCCC[C@H]1Oc1ccc(F)cc1. The summed E-state index contributed by atoms with van der Waals surface area (Å²) < 4.78 is 29.7. The summed E-state index contributed by atoms with van der Waals surface area (Å²) in [7, 11) is 0. The number of nitrogens with one attached hydrogen (secondary N) is 1. The van der Waals surface area contributed by atoms with Crippen LogP contribution in [0, 0.1) is 5.82 Å². The quantitative estimate of drug-likeness (QED) is 0.802. The minimum Gasteiger partial charge on any atom is -0.487 e. The molecule has 1 saturated heterocycles. The Bertz CT molecular complexity index is 641. The van der Waals surface area contributed by atoms with Gasteiger partial charge < -0.3 is 19.5 Å². The Morgan fingerprint density at radius 1 is 1.19 bits per heavy atom. The fourth-order valence-corrected chi connectivity index (χ4v) is 2.81. The van der Waals surface area contributed by atoms with Crippen LogP contribution < -0.4 is 10.1 Å². The van der Waals surface area contributed by atoms with Gasteiger partial charge in [-0.25, -0.2) is 14.0 Å². The lowest BCUT2D eigenvalue weighted by Gasteiger charge is -2.26. The number of carbonyl (C=O) groups excluding carboxylic acids is 2. The van der Waals surface area contributed by atoms with E-state index in [4.69, 9.17) is 14.2 Å². The van der Waals surface area contributed by atoms with Crippen LogP contribution in [0.25, 0.3) is 0 Å². The van der Waals surface area contributed by atoms with Crippen LogP contribution in [0.3, 0.4) is 0 Å². The van der Waals surface area contributed by atoms with E-state index in [0.717, 1.165) is 12.8 Å². The van der Waals surface area contributed by atoms with Gasteiger partial charge in [0.05, 0.1) is 0 Å². The van der Waals surface area contributed by atoms with Crippen LogP contribution in [-0.2, 0) is 14.3 Å². The molecule has 3 atom stereocenters. The Labute approximate surface area is 159 Å². The molecule has 1 fully saturated rings. The molecule has 1 N–H and O–H groups in total. The Hall–Kier alpha value is -2.31. The van der Waals surface area contributed by atoms with Gasteiger partial charge in [0, 0.05) is 0 Å². The first-order valence-electron chi connectivity index (χ1n) is 9.26. The first kappa shape index (κ1) is 21.0. The first-order chi connectivity index (χ1) is 12.6. The number of cyclic esters (lactones) is 1. The highest BCUT2D eigenvalue weighted by atomic mass is 19.1. The van der Waals surface area contributed by atoms with Crippen LogP contribution in [0.5, 0.6) is 5.75 Å². The molecule has 1 aromatic rings. The van der Waals surface area contributed by atoms with E-state index < -0.39 is 29.8 Å². The molecule has 0 radical (unpaired) electrons. The zero-order valence-corrected chi connectivity index (χ0v) is 16.3. The van der Waals surface area contributed by atoms with E-state index in [2.05, 4.69) is 5.32 Å². The summed E-state index contributed by atoms with van der Waals surface area (Å²) in [6.07, 6.45) is 1.18. The van der Waals surface area contributed by atoms with Crippen molar-refractivity contribution in [3.63, 3.8) is 0 Å². The highest BCUT2D eigenvalue weighted by Gasteiger charge is 2.31. The summed E-state index contributed by atoms with van der Waals surface area (Å²) in [5.41, 5.74) is -0.645. The summed E-state index contributed by atoms with van der Waals surface area (Å²) in [5, 5.41) is 2.59. The molecular formula is C20H28FNO5. The maximum absolute atomic E-state index is 13.0. The van der Waals surface area contributed by atoms with Crippen LogP contribution in [0.4, 0.5) is 9.18 Å². The predicted molar refractivity (Wildman–Crippen MR) is 98.0 cm³/mol. The first-order valence-corrected chi connectivity index (χ1v) is 9.26. The molecule has 6 nitrogen and oxygen atoms in total. The van der Waals surface area contributed by atoms with E-state index in [-0.39, 0.29) is 11.9 Å². The van der Waals surface area contributed by atoms with Gasteiger partial charge in [0.2, 0.25) is 0 Å². The van der Waals surface area contributed by atoms with Crippen molar-refractivity contribution in [2.75, 3.05) is 0 Å². The standard InChI is InChI=1S/C20H28FNO5/c1-13-17(26-15-11-9-14(21)10-12-15)8-6-5-7-16(18(23)25-13)22-19(24)27-20(2,3)4/h9-13,16-17H,5-8H2,1-4H3,(H,22,24)/t13-,16-,17+/m0/s1. The number of hydrogen-bond donors (Lipinski definition) is 1. The van der Waals surface area contributed by atoms with Gasteiger partial charge in [0.1, 0.15) is 35.4 Å². The smallest absolute Gasteiger partial charge is 0.408 e. The molecule has 2 rings (SSSR count). The number of esters is 1. The summed E-state index contributed by atoms with van der Waals surface area (Å²) in [6.45, 7) is 7.02. The summed E-state index contributed by atoms with van der Waals surface area (Å²) in [6, 6.07) is 4.98. The lowest BCUT2D eigenvalue weighted by molar-refractivity contribution is -0.155. The van der Waals surface area contributed by atoms with Crippen molar-refractivity contribution in [2.24, 2.45) is 0 Å². The molecule has 1 aliphatic heterocycles. The van der Waals surface area contributed by atoms with Crippen molar-refractivity contribution in [1.82, 2.24) is 5.32 Å². The van der Waals surface area contributed by atoms with E-state index in [0.29, 0.717) is 18.6 Å². The van der Waals surface area contributed by atoms with Crippen molar-refractivity contribution in [2.45, 2.75) is 77.2 Å². The average molecular weight is 381 g/mol. The van der Waals surface area contributed by atoms with Gasteiger partial charge in [-0.2, -0.15) is 0 Å². The zero-order valence-electron chi connectivity index (χ0n) is 16.3. The van der Waals surface area contributed by atoms with Gasteiger partial charge in [-0.1, -0.05) is 6.42 Å². The maximum atomic E-state index is 13.0. The number of amides is 1. The molecule has 1 amide bonds. The van der Waals surface area contributed by atoms with Gasteiger partial charge in [0.25, 0.3) is 0 Å². The second-order valence-electron chi connectivity index (χ2n) is 7.74. The minimum atomic E-state index is -0.758. The molecule has 150 valence electrons. The van der Waals surface area contributed by atoms with E-state index in [1.165, 1.54) is 12.1 Å². The Balaban J connectivity index is 1.99. The molecular weight excluding hydrogens is 353 g/mol. The van der Waals surface area contributed by atoms with Crippen molar-refractivity contribution >= 4 is 12.1 Å². The average Bonchev–Trinajstić information content (AvgIpc) is 2.61. The number of rotatable bonds is 3. The zero-order chi connectivity index (χ0) is 20.0. The van der Waals surface area contributed by atoms with Crippen molar-refractivity contribution in [1.29, 1.82) is 0 Å². The van der Waals surface area contributed by atoms with Crippen molar-refractivity contribution in [3.8, 4) is 5.75 Å². The number of ether oxygens (including phenoxy) is 3. The van der Waals surface area contributed by atoms with E-state index in [1.54, 1.807) is 39.8 Å². The number of halogens is 1. The summed E-state index contributed by atoms with van der Waals surface area (Å²) in [4.78, 5) is 24.5. The van der Waals surface area contributed by atoms with Crippen LogP contribution in [0.2, 0.25) is 0 Å². The molecule has 0 spiro atoms. The van der Waals surface area contributed by atoms with Crippen LogP contribution in [0.1, 0.15) is 53.4 Å². The van der Waals surface area contributed by atoms with E-state index in [9.17, 15) is 14.0 Å². The van der Waals surface area contributed by atoms with Crippen LogP contribution >= 0.6 is 0 Å². The van der Waals surface area contributed by atoms with Crippen LogP contribution in [-0.4, -0.2) is 35.9 Å². The third-order valence-electron chi connectivity index (χ3n) is 4.13. The fourth-order valence-electron chi connectivity index (χ4n) is 2.81. The molecule has 0 unspecified atom stereocenters. The Morgan fingerprint density at radius 2 is 1.81 bits per heavy atom. The van der Waals surface area contributed by atoms with Gasteiger partial charge in [0.15, 0.2) is 0 Å². The number of alkyl carbamates (subject to hydrolysis) is 1. The van der Waals surface area contributed by atoms with Gasteiger partial charge in [-0.3, -0.25) is 0 Å². The molecule has 0 aliphatic carbocycles. The lowest BCUT2D eigenvalue weighted by Crippen LogP contribution is -2.45. The Kier molecular flexibility index (Phi) is 7.05. The third kappa shape index (κ3) is 7.07. The van der Waals surface area contributed by atoms with Gasteiger partial charge >= 0.3 is 12.1 Å². The normalized spacial score (nSPS) is 24.0. The molecule has 0 saturated carbocycles. The molecule has 0 aromatic heterocycles. The minimum absolute atomic E-state index is 0.340. The molecule has 27 heavy (non-hydrogen) atoms. The fraction of sp³-hybridized carbons (Fsp3) is 0.600. The highest BCUT2D eigenvalue weighted by molar-refractivity contribution is 5.81. The monoisotopic (exact) mass is 381 g/mol. The molecule has 1 heterocycles. The lowest BCUT2D eigenvalue weighted by atomic mass is 10.1. The van der Waals surface area contributed by atoms with E-state index >= 15 is 0 Å². The number of carbonyl (C=O) groups is 2. The summed E-state index contributed by atoms with van der Waals surface area (Å²) in [5.74, 6) is -0.331. The third-order valence-corrected chi connectivity index (χ3v) is 4.13. The van der Waals surface area contributed by atoms with E-state index in [1.807, 2.05) is 0 Å². The topological polar surface area (TPSA) is 73.9 Å². The molecule has 1 aromatic carbocycles. The highest BCUT2D eigenvalue weighted by Crippen LogP contribution is 2.22.